The van der Waals surface area contributed by atoms with Gasteiger partial charge in [-0.1, -0.05) is 32.9 Å². The quantitative estimate of drug-likeness (QED) is 0.663. The minimum Gasteiger partial charge on any atom is -0.331 e. The number of halogens is 3. The first kappa shape index (κ1) is 23.3. The van der Waals surface area contributed by atoms with Crippen LogP contribution in [0, 0.1) is 0 Å². The first-order chi connectivity index (χ1) is 14.3. The molecule has 7 heteroatoms. The van der Waals surface area contributed by atoms with E-state index in [1.54, 1.807) is 4.90 Å². The van der Waals surface area contributed by atoms with Gasteiger partial charge in [-0.2, -0.15) is 13.2 Å². The third-order valence-electron chi connectivity index (χ3n) is 5.82. The first-order valence-electron chi connectivity index (χ1n) is 10.4. The van der Waals surface area contributed by atoms with Gasteiger partial charge in [0.2, 0.25) is 0 Å². The third-order valence-corrected chi connectivity index (χ3v) is 5.82. The summed E-state index contributed by atoms with van der Waals surface area (Å²) in [5.74, 6) is -0.0836. The van der Waals surface area contributed by atoms with Crippen LogP contribution in [0.2, 0.25) is 0 Å². The molecule has 0 N–H and O–H groups in total. The van der Waals surface area contributed by atoms with Crippen LogP contribution in [0.1, 0.15) is 72.0 Å². The summed E-state index contributed by atoms with van der Waals surface area (Å²) in [6.07, 6.45) is -2.54. The molecule has 0 spiro atoms. The molecular formula is C24H30F3N3O. The average Bonchev–Trinajstić information content (AvgIpc) is 2.66. The van der Waals surface area contributed by atoms with Crippen molar-refractivity contribution in [3.05, 3.63) is 64.0 Å². The molecule has 0 aliphatic carbocycles. The molecule has 1 aromatic heterocycles. The molecule has 3 rings (SSSR count). The minimum absolute atomic E-state index is 0.0836. The normalized spacial score (nSPS) is 15.9. The lowest BCUT2D eigenvalue weighted by Gasteiger charge is -2.36. The van der Waals surface area contributed by atoms with Crippen LogP contribution in [0.4, 0.5) is 13.2 Å². The van der Waals surface area contributed by atoms with Crippen LogP contribution in [0.15, 0.2) is 30.5 Å². The van der Waals surface area contributed by atoms with Crippen LogP contribution in [0.5, 0.6) is 0 Å². The zero-order valence-corrected chi connectivity index (χ0v) is 19.0. The molecule has 1 aliphatic heterocycles. The molecular weight excluding hydrogens is 403 g/mol. The minimum atomic E-state index is -4.48. The molecule has 4 nitrogen and oxygen atoms in total. The summed E-state index contributed by atoms with van der Waals surface area (Å²) in [4.78, 5) is 20.9. The smallest absolute Gasteiger partial charge is 0.331 e. The Labute approximate surface area is 182 Å². The van der Waals surface area contributed by atoms with Gasteiger partial charge in [0, 0.05) is 24.8 Å². The number of fused-ring (bicyclic) bond motifs is 1. The summed E-state index contributed by atoms with van der Waals surface area (Å²) in [6, 6.07) is 6.20. The Balaban J connectivity index is 1.96. The number of rotatable bonds is 4. The van der Waals surface area contributed by atoms with Gasteiger partial charge in [-0.05, 0) is 67.2 Å². The molecule has 2 heterocycles. The second-order valence-electron chi connectivity index (χ2n) is 9.55. The van der Waals surface area contributed by atoms with E-state index in [4.69, 9.17) is 0 Å². The molecule has 1 aliphatic rings. The number of hydrogen-bond donors (Lipinski definition) is 0. The Hall–Kier alpha value is -2.41. The molecule has 0 bridgehead atoms. The molecule has 1 atom stereocenters. The number of pyridine rings is 1. The lowest BCUT2D eigenvalue weighted by atomic mass is 9.81. The number of benzene rings is 1. The van der Waals surface area contributed by atoms with Crippen molar-refractivity contribution in [2.24, 2.45) is 0 Å². The summed E-state index contributed by atoms with van der Waals surface area (Å²) in [5, 5.41) is 0. The van der Waals surface area contributed by atoms with Crippen molar-refractivity contribution >= 4 is 5.91 Å². The monoisotopic (exact) mass is 433 g/mol. The number of hydrogen-bond acceptors (Lipinski definition) is 3. The lowest BCUT2D eigenvalue weighted by Crippen LogP contribution is -2.40. The highest BCUT2D eigenvalue weighted by atomic mass is 19.4. The van der Waals surface area contributed by atoms with Crippen molar-refractivity contribution in [3.8, 4) is 0 Å². The Morgan fingerprint density at radius 2 is 1.84 bits per heavy atom. The Kier molecular flexibility index (Phi) is 6.20. The highest BCUT2D eigenvalue weighted by Gasteiger charge is 2.34. The Morgan fingerprint density at radius 1 is 1.16 bits per heavy atom. The summed E-state index contributed by atoms with van der Waals surface area (Å²) >= 11 is 0. The second kappa shape index (κ2) is 8.26. The van der Waals surface area contributed by atoms with Crippen molar-refractivity contribution in [2.75, 3.05) is 20.6 Å². The highest BCUT2D eigenvalue weighted by molar-refractivity contribution is 5.97. The van der Waals surface area contributed by atoms with E-state index < -0.39 is 11.9 Å². The van der Waals surface area contributed by atoms with Gasteiger partial charge in [-0.25, -0.2) is 0 Å². The summed E-state index contributed by atoms with van der Waals surface area (Å²) in [7, 11) is 4.01. The molecule has 2 aromatic rings. The van der Waals surface area contributed by atoms with Gasteiger partial charge in [0.1, 0.15) is 5.69 Å². The molecule has 0 radical (unpaired) electrons. The van der Waals surface area contributed by atoms with Gasteiger partial charge in [0.25, 0.3) is 5.91 Å². The standard InChI is InChI=1S/C24H30F3N3O/c1-15(16-7-8-21(28-13-16)24(25,26)27)30-10-9-19-17(14-29(5)6)11-18(23(2,3)4)12-20(19)22(30)31/h7-8,11-13,15H,9-10,14H2,1-6H3. The third kappa shape index (κ3) is 4.92. The lowest BCUT2D eigenvalue weighted by molar-refractivity contribution is -0.141. The van der Waals surface area contributed by atoms with Crippen molar-refractivity contribution in [3.63, 3.8) is 0 Å². The predicted octanol–water partition coefficient (Wildman–Crippen LogP) is 5.22. The van der Waals surface area contributed by atoms with Gasteiger partial charge >= 0.3 is 6.18 Å². The van der Waals surface area contributed by atoms with Crippen LogP contribution in [0.3, 0.4) is 0 Å². The van der Waals surface area contributed by atoms with Crippen molar-refractivity contribution in [1.29, 1.82) is 0 Å². The van der Waals surface area contributed by atoms with Gasteiger partial charge in [0.05, 0.1) is 6.04 Å². The largest absolute Gasteiger partial charge is 0.433 e. The molecule has 0 fully saturated rings. The zero-order chi connectivity index (χ0) is 23.1. The topological polar surface area (TPSA) is 36.4 Å². The molecule has 1 amide bonds. The van der Waals surface area contributed by atoms with E-state index in [0.29, 0.717) is 24.1 Å². The molecule has 31 heavy (non-hydrogen) atoms. The van der Waals surface area contributed by atoms with Crippen LogP contribution in [0.25, 0.3) is 0 Å². The second-order valence-corrected chi connectivity index (χ2v) is 9.55. The fourth-order valence-electron chi connectivity index (χ4n) is 3.99. The predicted molar refractivity (Wildman–Crippen MR) is 115 cm³/mol. The van der Waals surface area contributed by atoms with Crippen LogP contribution >= 0.6 is 0 Å². The van der Waals surface area contributed by atoms with Crippen LogP contribution < -0.4 is 0 Å². The van der Waals surface area contributed by atoms with E-state index in [-0.39, 0.29) is 17.4 Å². The molecule has 1 unspecified atom stereocenters. The maximum absolute atomic E-state index is 13.5. The van der Waals surface area contributed by atoms with E-state index in [2.05, 4.69) is 36.7 Å². The fraction of sp³-hybridized carbons (Fsp3) is 0.500. The molecule has 1 aromatic carbocycles. The van der Waals surface area contributed by atoms with Gasteiger partial charge in [-0.15, -0.1) is 0 Å². The number of nitrogens with zero attached hydrogens (tertiary/aromatic N) is 3. The van der Waals surface area contributed by atoms with E-state index in [9.17, 15) is 18.0 Å². The van der Waals surface area contributed by atoms with Gasteiger partial charge in [0.15, 0.2) is 0 Å². The van der Waals surface area contributed by atoms with Crippen LogP contribution in [-0.4, -0.2) is 41.3 Å². The van der Waals surface area contributed by atoms with Gasteiger partial charge < -0.3 is 9.80 Å². The van der Waals surface area contributed by atoms with Crippen molar-refractivity contribution in [1.82, 2.24) is 14.8 Å². The van der Waals surface area contributed by atoms with E-state index in [1.807, 2.05) is 27.1 Å². The summed E-state index contributed by atoms with van der Waals surface area (Å²) < 4.78 is 38.5. The maximum Gasteiger partial charge on any atom is 0.433 e. The van der Waals surface area contributed by atoms with E-state index >= 15 is 0 Å². The SMILES string of the molecule is CC(c1ccc(C(F)(F)F)nc1)N1CCc2c(CN(C)C)cc(C(C)(C)C)cc2C1=O. The number of aromatic nitrogens is 1. The van der Waals surface area contributed by atoms with Crippen molar-refractivity contribution < 1.29 is 18.0 Å². The number of carbonyl (C=O) groups excluding carboxylic acids is 1. The number of alkyl halides is 3. The van der Waals surface area contributed by atoms with E-state index in [0.717, 1.165) is 29.3 Å². The fourth-order valence-corrected chi connectivity index (χ4v) is 3.99. The van der Waals surface area contributed by atoms with E-state index in [1.165, 1.54) is 12.3 Å². The number of amides is 1. The van der Waals surface area contributed by atoms with Crippen LogP contribution in [-0.2, 0) is 24.6 Å². The Morgan fingerprint density at radius 3 is 2.35 bits per heavy atom. The van der Waals surface area contributed by atoms with Crippen molar-refractivity contribution in [2.45, 2.75) is 58.3 Å². The summed E-state index contributed by atoms with van der Waals surface area (Å²) in [5.41, 5.74) is 3.57. The highest BCUT2D eigenvalue weighted by Crippen LogP contribution is 2.34. The van der Waals surface area contributed by atoms with Gasteiger partial charge in [-0.3, -0.25) is 9.78 Å². The Bertz CT molecular complexity index is 960. The average molecular weight is 434 g/mol. The zero-order valence-electron chi connectivity index (χ0n) is 19.0. The maximum atomic E-state index is 13.5. The summed E-state index contributed by atoms with van der Waals surface area (Å²) in [6.45, 7) is 9.46. The number of carbonyl (C=O) groups is 1. The molecule has 168 valence electrons. The molecule has 0 saturated carbocycles. The molecule has 0 saturated heterocycles. The first-order valence-corrected chi connectivity index (χ1v) is 10.4.